The highest BCUT2D eigenvalue weighted by molar-refractivity contribution is 8.00. The van der Waals surface area contributed by atoms with Gasteiger partial charge in [0.05, 0.1) is 16.7 Å². The Morgan fingerprint density at radius 1 is 1.18 bits per heavy atom. The van der Waals surface area contributed by atoms with Crippen LogP contribution >= 0.6 is 23.1 Å². The second-order valence-electron chi connectivity index (χ2n) is 10.1. The van der Waals surface area contributed by atoms with Crippen molar-refractivity contribution in [2.75, 3.05) is 24.9 Å². The number of alkyl halides is 3. The summed E-state index contributed by atoms with van der Waals surface area (Å²) in [7, 11) is 0. The van der Waals surface area contributed by atoms with E-state index in [4.69, 9.17) is 35.6 Å². The molecule has 1 aromatic rings. The van der Waals surface area contributed by atoms with Crippen LogP contribution in [0, 0.1) is 5.41 Å². The molecule has 15 nitrogen and oxygen atoms in total. The monoisotopic (exact) mass is 681 g/mol. The number of carboxylic acids is 1. The second kappa shape index (κ2) is 15.1. The van der Waals surface area contributed by atoms with Crippen LogP contribution in [0.3, 0.4) is 0 Å². The van der Waals surface area contributed by atoms with Gasteiger partial charge in [0, 0.05) is 16.7 Å². The number of nitrogens with zero attached hydrogens (tertiary/aromatic N) is 2. The van der Waals surface area contributed by atoms with E-state index in [-0.39, 0.29) is 29.2 Å². The third-order valence-electron chi connectivity index (χ3n) is 5.60. The number of amides is 3. The van der Waals surface area contributed by atoms with Gasteiger partial charge in [0.2, 0.25) is 6.79 Å². The van der Waals surface area contributed by atoms with Crippen LogP contribution in [-0.2, 0) is 38.2 Å². The van der Waals surface area contributed by atoms with Gasteiger partial charge in [0.25, 0.3) is 11.8 Å². The average molecular weight is 682 g/mol. The van der Waals surface area contributed by atoms with Crippen molar-refractivity contribution in [1.82, 2.24) is 15.2 Å². The van der Waals surface area contributed by atoms with Gasteiger partial charge in [-0.05, 0) is 27.2 Å². The minimum Gasteiger partial charge on any atom is -0.475 e. The van der Waals surface area contributed by atoms with E-state index in [0.717, 1.165) is 4.90 Å². The van der Waals surface area contributed by atoms with Crippen molar-refractivity contribution in [2.24, 2.45) is 11.1 Å². The van der Waals surface area contributed by atoms with Crippen LogP contribution in [0.4, 0.5) is 23.1 Å². The van der Waals surface area contributed by atoms with Crippen LogP contribution in [0.5, 0.6) is 0 Å². The van der Waals surface area contributed by atoms with Crippen LogP contribution in [0.2, 0.25) is 0 Å². The van der Waals surface area contributed by atoms with E-state index < -0.39 is 65.6 Å². The SMILES string of the molecule is CC/C=C(\C(=O)N[C@@H]1C(=O)N2C(C(=O)OCOC(=O)C(C)(C)C)=C(COC(N)=O)CS[C@@H]12)c1csc(N)n1.O=C(O)C(F)(F)F. The molecule has 3 rings (SSSR count). The molecular formula is C25H30F3N5O10S2. The molecule has 20 heteroatoms. The van der Waals surface area contributed by atoms with Crippen LogP contribution in [0.15, 0.2) is 22.7 Å². The maximum absolute atomic E-state index is 13.1. The van der Waals surface area contributed by atoms with Crippen LogP contribution in [0.1, 0.15) is 39.8 Å². The molecule has 45 heavy (non-hydrogen) atoms. The number of aliphatic carboxylic acids is 1. The molecular weight excluding hydrogens is 651 g/mol. The average Bonchev–Trinajstić information content (AvgIpc) is 3.37. The molecule has 1 saturated heterocycles. The summed E-state index contributed by atoms with van der Waals surface area (Å²) in [5, 5.41) is 11.2. The highest BCUT2D eigenvalue weighted by Gasteiger charge is 2.54. The van der Waals surface area contributed by atoms with Gasteiger partial charge < -0.3 is 36.1 Å². The zero-order valence-electron chi connectivity index (χ0n) is 24.3. The van der Waals surface area contributed by atoms with Gasteiger partial charge in [-0.3, -0.25) is 19.3 Å². The molecule has 3 heterocycles. The number of fused-ring (bicyclic) bond motifs is 1. The zero-order valence-corrected chi connectivity index (χ0v) is 25.9. The molecule has 0 saturated carbocycles. The molecule has 0 aromatic carbocycles. The lowest BCUT2D eigenvalue weighted by Gasteiger charge is -2.49. The standard InChI is InChI=1S/C23H29N5O8S2.C2HF3O2/c1-5-6-12(13-9-38-21(24)26-13)16(29)27-14-17(30)28-15(11(7-34-22(25)33)8-37-18(14)28)19(31)35-10-36-20(32)23(2,3)4;3-2(4,5)1(6)7/h6,9,14,18H,5,7-8,10H2,1-4H3,(H2,24,26)(H2,25,33)(H,27,29);(H,6,7)/b12-6-;/t14-,18+;/m1./s1. The molecule has 248 valence electrons. The van der Waals surface area contributed by atoms with E-state index in [9.17, 15) is 37.1 Å². The fraction of sp³-hybridized carbons (Fsp3) is 0.480. The van der Waals surface area contributed by atoms with Crippen LogP contribution in [-0.4, -0.2) is 87.6 Å². The number of halogens is 3. The predicted octanol–water partition coefficient (Wildman–Crippen LogP) is 1.99. The molecule has 2 atom stereocenters. The molecule has 2 aliphatic heterocycles. The summed E-state index contributed by atoms with van der Waals surface area (Å²) < 4.78 is 46.7. The number of primary amides is 1. The maximum Gasteiger partial charge on any atom is 0.490 e. The largest absolute Gasteiger partial charge is 0.490 e. The lowest BCUT2D eigenvalue weighted by molar-refractivity contribution is -0.192. The molecule has 1 fully saturated rings. The van der Waals surface area contributed by atoms with Crippen molar-refractivity contribution >= 4 is 69.6 Å². The molecule has 1 aromatic heterocycles. The number of anilines is 1. The number of hydrogen-bond acceptors (Lipinski definition) is 13. The molecule has 2 aliphatic rings. The number of allylic oxidation sites excluding steroid dienone is 1. The number of carboxylic acid groups (broad SMARTS) is 1. The van der Waals surface area contributed by atoms with E-state index in [0.29, 0.717) is 17.2 Å². The number of nitrogens with one attached hydrogen (secondary N) is 1. The summed E-state index contributed by atoms with van der Waals surface area (Å²) in [4.78, 5) is 76.5. The molecule has 0 unspecified atom stereocenters. The van der Waals surface area contributed by atoms with Crippen LogP contribution < -0.4 is 16.8 Å². The number of nitrogen functional groups attached to an aromatic ring is 1. The zero-order chi connectivity index (χ0) is 34.3. The lowest BCUT2D eigenvalue weighted by atomic mass is 9.98. The first-order chi connectivity index (χ1) is 20.8. The Bertz CT molecular complexity index is 1400. The molecule has 0 bridgehead atoms. The van der Waals surface area contributed by atoms with Gasteiger partial charge in [0.1, 0.15) is 23.7 Å². The highest BCUT2D eigenvalue weighted by atomic mass is 32.2. The van der Waals surface area contributed by atoms with Crippen molar-refractivity contribution in [3.05, 3.63) is 28.4 Å². The summed E-state index contributed by atoms with van der Waals surface area (Å²) in [6.07, 6.45) is -3.92. The quantitative estimate of drug-likeness (QED) is 0.127. The third kappa shape index (κ3) is 9.83. The number of aromatic nitrogens is 1. The van der Waals surface area contributed by atoms with E-state index in [1.165, 1.54) is 23.1 Å². The number of β-lactam (4-membered cyclic amide) rings is 1. The Labute approximate surface area is 262 Å². The molecule has 0 aliphatic carbocycles. The van der Waals surface area contributed by atoms with Gasteiger partial charge in [-0.15, -0.1) is 23.1 Å². The first kappa shape index (κ1) is 36.9. The van der Waals surface area contributed by atoms with Crippen LogP contribution in [0.25, 0.3) is 5.57 Å². The Morgan fingerprint density at radius 2 is 1.80 bits per heavy atom. The van der Waals surface area contributed by atoms with E-state index >= 15 is 0 Å². The molecule has 0 spiro atoms. The molecule has 6 N–H and O–H groups in total. The Balaban J connectivity index is 0.000000900. The summed E-state index contributed by atoms with van der Waals surface area (Å²) in [5.74, 6) is -5.20. The van der Waals surface area contributed by atoms with Crippen molar-refractivity contribution < 1.29 is 61.3 Å². The number of hydrogen-bond donors (Lipinski definition) is 4. The maximum atomic E-state index is 13.1. The lowest BCUT2D eigenvalue weighted by Crippen LogP contribution is -2.70. The number of thioether (sulfide) groups is 1. The summed E-state index contributed by atoms with van der Waals surface area (Å²) in [5.41, 5.74) is 10.7. The minimum absolute atomic E-state index is 0.158. The van der Waals surface area contributed by atoms with Crippen molar-refractivity contribution in [3.63, 3.8) is 0 Å². The Morgan fingerprint density at radius 3 is 2.29 bits per heavy atom. The number of carbonyl (C=O) groups excluding carboxylic acids is 5. The highest BCUT2D eigenvalue weighted by Crippen LogP contribution is 2.41. The van der Waals surface area contributed by atoms with E-state index in [1.807, 2.05) is 6.92 Å². The predicted molar refractivity (Wildman–Crippen MR) is 153 cm³/mol. The van der Waals surface area contributed by atoms with E-state index in [2.05, 4.69) is 10.3 Å². The smallest absolute Gasteiger partial charge is 0.475 e. The minimum atomic E-state index is -5.08. The fourth-order valence-corrected chi connectivity index (χ4v) is 5.40. The second-order valence-corrected chi connectivity index (χ2v) is 12.0. The number of esters is 2. The van der Waals surface area contributed by atoms with E-state index in [1.54, 1.807) is 32.2 Å². The van der Waals surface area contributed by atoms with Gasteiger partial charge in [0.15, 0.2) is 5.13 Å². The van der Waals surface area contributed by atoms with Gasteiger partial charge >= 0.3 is 30.2 Å². The summed E-state index contributed by atoms with van der Waals surface area (Å²) >= 11 is 2.45. The Hall–Kier alpha value is -4.33. The topological polar surface area (TPSA) is 231 Å². The number of rotatable bonds is 9. The third-order valence-corrected chi connectivity index (χ3v) is 7.62. The number of thiazole rings is 1. The van der Waals surface area contributed by atoms with Gasteiger partial charge in [-0.1, -0.05) is 13.0 Å². The molecule has 3 amide bonds. The number of carbonyl (C=O) groups is 6. The summed E-state index contributed by atoms with van der Waals surface area (Å²) in [6.45, 7) is 5.74. The van der Waals surface area contributed by atoms with Crippen molar-refractivity contribution in [1.29, 1.82) is 0 Å². The fourth-order valence-electron chi connectivity index (χ4n) is 3.51. The number of ether oxygens (including phenoxy) is 3. The first-order valence-electron chi connectivity index (χ1n) is 12.7. The first-order valence-corrected chi connectivity index (χ1v) is 14.7. The van der Waals surface area contributed by atoms with Crippen molar-refractivity contribution in [3.8, 4) is 0 Å². The normalized spacial score (nSPS) is 18.1. The summed E-state index contributed by atoms with van der Waals surface area (Å²) in [6, 6.07) is -0.941. The van der Waals surface area contributed by atoms with Gasteiger partial charge in [-0.25, -0.2) is 19.4 Å². The van der Waals surface area contributed by atoms with Gasteiger partial charge in [-0.2, -0.15) is 13.2 Å². The Kier molecular flexibility index (Phi) is 12.4. The van der Waals surface area contributed by atoms with Crippen molar-refractivity contribution in [2.45, 2.75) is 51.7 Å². The molecule has 0 radical (unpaired) electrons. The number of nitrogens with two attached hydrogens (primary N) is 2.